The highest BCUT2D eigenvalue weighted by Crippen LogP contribution is 2.23. The van der Waals surface area contributed by atoms with Crippen molar-refractivity contribution in [1.82, 2.24) is 9.97 Å². The minimum atomic E-state index is -4.25. The number of aryl methyl sites for hydroxylation is 1. The van der Waals surface area contributed by atoms with Crippen molar-refractivity contribution in [3.63, 3.8) is 0 Å². The number of nitrogens with one attached hydrogen (secondary N) is 1. The van der Waals surface area contributed by atoms with Gasteiger partial charge in [-0.3, -0.25) is 0 Å². The fourth-order valence-corrected chi connectivity index (χ4v) is 2.46. The van der Waals surface area contributed by atoms with Crippen LogP contribution in [0.25, 0.3) is 0 Å². The Balaban J connectivity index is 2.36. The van der Waals surface area contributed by atoms with Crippen molar-refractivity contribution < 1.29 is 13.2 Å². The van der Waals surface area contributed by atoms with Gasteiger partial charge in [-0.1, -0.05) is 18.6 Å². The normalized spacial score (nSPS) is 16.4. The van der Waals surface area contributed by atoms with Crippen LogP contribution in [0.1, 0.15) is 36.3 Å². The van der Waals surface area contributed by atoms with Gasteiger partial charge in [0.15, 0.2) is 0 Å². The van der Waals surface area contributed by atoms with Crippen LogP contribution in [0, 0.1) is 4.64 Å². The quantitative estimate of drug-likeness (QED) is 0.619. The first-order valence-corrected chi connectivity index (χ1v) is 6.04. The lowest BCUT2D eigenvalue weighted by molar-refractivity contribution is -0.128. The number of rotatable bonds is 1. The molecule has 0 aliphatic heterocycles. The molecular weight excluding hydrogens is 249 g/mol. The average Bonchev–Trinajstić information content (AvgIpc) is 2.40. The maximum atomic E-state index is 12.3. The first-order valence-electron chi connectivity index (χ1n) is 5.63. The van der Waals surface area contributed by atoms with E-state index in [1.54, 1.807) is 0 Å². The molecule has 1 aromatic heterocycles. The molecule has 17 heavy (non-hydrogen) atoms. The summed E-state index contributed by atoms with van der Waals surface area (Å²) in [6, 6.07) is 0. The van der Waals surface area contributed by atoms with Crippen LogP contribution in [0.15, 0.2) is 0 Å². The zero-order valence-electron chi connectivity index (χ0n) is 9.23. The minimum Gasteiger partial charge on any atom is -0.347 e. The fraction of sp³-hybridized carbons (Fsp3) is 0.636. The molecule has 1 aromatic rings. The van der Waals surface area contributed by atoms with Gasteiger partial charge in [0.2, 0.25) is 0 Å². The maximum absolute atomic E-state index is 12.3. The lowest BCUT2D eigenvalue weighted by Gasteiger charge is -2.10. The second-order valence-electron chi connectivity index (χ2n) is 4.30. The summed E-state index contributed by atoms with van der Waals surface area (Å²) in [7, 11) is 0. The van der Waals surface area contributed by atoms with E-state index in [1.165, 1.54) is 0 Å². The third-order valence-corrected chi connectivity index (χ3v) is 3.21. The Labute approximate surface area is 102 Å². The van der Waals surface area contributed by atoms with Crippen LogP contribution >= 0.6 is 12.2 Å². The van der Waals surface area contributed by atoms with E-state index in [2.05, 4.69) is 9.97 Å². The molecule has 1 heterocycles. The Morgan fingerprint density at radius 3 is 2.59 bits per heavy atom. The van der Waals surface area contributed by atoms with Gasteiger partial charge >= 0.3 is 6.18 Å². The SMILES string of the molecule is FC(F)(F)Cc1nc(=S)c2c([nH]1)CCCCC2. The summed E-state index contributed by atoms with van der Waals surface area (Å²) in [5, 5.41) is 0. The summed E-state index contributed by atoms with van der Waals surface area (Å²) >= 11 is 5.08. The van der Waals surface area contributed by atoms with Gasteiger partial charge in [0.25, 0.3) is 0 Å². The Hall–Kier alpha value is -0.910. The average molecular weight is 262 g/mol. The zero-order valence-corrected chi connectivity index (χ0v) is 10.0. The zero-order chi connectivity index (χ0) is 12.5. The molecule has 0 bridgehead atoms. The van der Waals surface area contributed by atoms with Crippen molar-refractivity contribution in [2.45, 2.75) is 44.7 Å². The van der Waals surface area contributed by atoms with Gasteiger partial charge in [-0.2, -0.15) is 13.2 Å². The summed E-state index contributed by atoms with van der Waals surface area (Å²) in [4.78, 5) is 6.66. The number of fused-ring (bicyclic) bond motifs is 1. The third kappa shape index (κ3) is 3.28. The smallest absolute Gasteiger partial charge is 0.347 e. The predicted molar refractivity (Wildman–Crippen MR) is 60.4 cm³/mol. The highest BCUT2D eigenvalue weighted by atomic mass is 32.1. The number of nitrogens with zero attached hydrogens (tertiary/aromatic N) is 1. The molecule has 6 heteroatoms. The van der Waals surface area contributed by atoms with Crippen molar-refractivity contribution in [3.05, 3.63) is 21.7 Å². The summed E-state index contributed by atoms with van der Waals surface area (Å²) in [6.07, 6.45) is -0.575. The molecule has 0 radical (unpaired) electrons. The lowest BCUT2D eigenvalue weighted by Crippen LogP contribution is -2.16. The van der Waals surface area contributed by atoms with Crippen molar-refractivity contribution in [3.8, 4) is 0 Å². The molecule has 0 unspecified atom stereocenters. The first-order chi connectivity index (χ1) is 7.96. The number of alkyl halides is 3. The van der Waals surface area contributed by atoms with Crippen LogP contribution in [0.4, 0.5) is 13.2 Å². The van der Waals surface area contributed by atoms with Gasteiger partial charge < -0.3 is 4.98 Å². The minimum absolute atomic E-state index is 0.0665. The van der Waals surface area contributed by atoms with Gasteiger partial charge in [-0.05, 0) is 25.7 Å². The molecule has 1 aliphatic rings. The maximum Gasteiger partial charge on any atom is 0.396 e. The van der Waals surface area contributed by atoms with Crippen LogP contribution in [-0.4, -0.2) is 16.1 Å². The molecule has 2 rings (SSSR count). The largest absolute Gasteiger partial charge is 0.396 e. The molecular formula is C11H13F3N2S. The summed E-state index contributed by atoms with van der Waals surface area (Å²) < 4.78 is 37.2. The van der Waals surface area contributed by atoms with Gasteiger partial charge in [0, 0.05) is 11.3 Å². The monoisotopic (exact) mass is 262 g/mol. The van der Waals surface area contributed by atoms with Gasteiger partial charge in [0.05, 0.1) is 0 Å². The Bertz CT molecular complexity index is 465. The lowest BCUT2D eigenvalue weighted by atomic mass is 10.1. The van der Waals surface area contributed by atoms with E-state index < -0.39 is 12.6 Å². The molecule has 0 spiro atoms. The van der Waals surface area contributed by atoms with E-state index in [9.17, 15) is 13.2 Å². The topological polar surface area (TPSA) is 28.7 Å². The third-order valence-electron chi connectivity index (χ3n) is 2.88. The van der Waals surface area contributed by atoms with E-state index >= 15 is 0 Å². The number of halogens is 3. The highest BCUT2D eigenvalue weighted by Gasteiger charge is 2.29. The van der Waals surface area contributed by atoms with E-state index in [4.69, 9.17) is 12.2 Å². The fourth-order valence-electron chi connectivity index (χ4n) is 2.12. The highest BCUT2D eigenvalue weighted by molar-refractivity contribution is 7.71. The predicted octanol–water partition coefficient (Wildman–Crippen LogP) is 3.51. The number of hydrogen-bond donors (Lipinski definition) is 1. The number of aromatic amines is 1. The van der Waals surface area contributed by atoms with Gasteiger partial charge in [-0.15, -0.1) is 0 Å². The van der Waals surface area contributed by atoms with Crippen LogP contribution in [0.5, 0.6) is 0 Å². The molecule has 1 aliphatic carbocycles. The molecule has 1 N–H and O–H groups in total. The Morgan fingerprint density at radius 2 is 1.88 bits per heavy atom. The Kier molecular flexibility index (Phi) is 3.51. The van der Waals surface area contributed by atoms with Crippen molar-refractivity contribution in [1.29, 1.82) is 0 Å². The molecule has 0 saturated heterocycles. The van der Waals surface area contributed by atoms with E-state index in [1.807, 2.05) is 0 Å². The molecule has 0 saturated carbocycles. The standard InChI is InChI=1S/C11H13F3N2S/c12-11(13,14)6-9-15-8-5-3-1-2-4-7(8)10(17)16-9/h1-6H2,(H,15,16,17). The number of hydrogen-bond acceptors (Lipinski definition) is 2. The molecule has 0 atom stereocenters. The van der Waals surface area contributed by atoms with Crippen molar-refractivity contribution in [2.75, 3.05) is 0 Å². The van der Waals surface area contributed by atoms with E-state index in [-0.39, 0.29) is 5.82 Å². The number of aromatic nitrogens is 2. The van der Waals surface area contributed by atoms with Crippen LogP contribution < -0.4 is 0 Å². The Morgan fingerprint density at radius 1 is 1.18 bits per heavy atom. The molecule has 94 valence electrons. The van der Waals surface area contributed by atoms with Crippen molar-refractivity contribution >= 4 is 12.2 Å². The second-order valence-corrected chi connectivity index (χ2v) is 4.69. The second kappa shape index (κ2) is 4.76. The summed E-state index contributed by atoms with van der Waals surface area (Å²) in [5.41, 5.74) is 1.78. The first kappa shape index (κ1) is 12.5. The van der Waals surface area contributed by atoms with E-state index in [0.29, 0.717) is 4.64 Å². The molecule has 2 nitrogen and oxygen atoms in total. The van der Waals surface area contributed by atoms with Gasteiger partial charge in [-0.25, -0.2) is 4.98 Å². The summed E-state index contributed by atoms with van der Waals surface area (Å²) in [6.45, 7) is 0. The van der Waals surface area contributed by atoms with Crippen LogP contribution in [0.3, 0.4) is 0 Å². The van der Waals surface area contributed by atoms with Crippen LogP contribution in [-0.2, 0) is 19.3 Å². The molecule has 0 aromatic carbocycles. The summed E-state index contributed by atoms with van der Waals surface area (Å²) in [5.74, 6) is -0.0665. The van der Waals surface area contributed by atoms with Gasteiger partial charge in [0.1, 0.15) is 16.9 Å². The van der Waals surface area contributed by atoms with Crippen molar-refractivity contribution in [2.24, 2.45) is 0 Å². The number of H-pyrrole nitrogens is 1. The van der Waals surface area contributed by atoms with Crippen LogP contribution in [0.2, 0.25) is 0 Å². The molecule has 0 amide bonds. The van der Waals surface area contributed by atoms with E-state index in [0.717, 1.165) is 43.4 Å². The molecule has 0 fully saturated rings.